The van der Waals surface area contributed by atoms with Gasteiger partial charge >= 0.3 is 6.18 Å². The molecule has 134 valence electrons. The smallest absolute Gasteiger partial charge is 0.343 e. The Labute approximate surface area is 153 Å². The number of halogens is 4. The molecule has 1 aromatic heterocycles. The van der Waals surface area contributed by atoms with Gasteiger partial charge in [0.05, 0.1) is 16.3 Å². The molecule has 0 fully saturated rings. The van der Waals surface area contributed by atoms with Crippen molar-refractivity contribution in [2.24, 2.45) is 0 Å². The summed E-state index contributed by atoms with van der Waals surface area (Å²) in [6.07, 6.45) is -3.00. The van der Waals surface area contributed by atoms with Crippen molar-refractivity contribution in [3.8, 4) is 11.3 Å². The molecule has 1 heterocycles. The second kappa shape index (κ2) is 7.00. The summed E-state index contributed by atoms with van der Waals surface area (Å²) in [7, 11) is 0. The average Bonchev–Trinajstić information content (AvgIpc) is 2.56. The molecule has 0 saturated heterocycles. The molecule has 3 rings (SSSR count). The monoisotopic (exact) mass is 377 g/mol. The highest BCUT2D eigenvalue weighted by Crippen LogP contribution is 2.39. The summed E-state index contributed by atoms with van der Waals surface area (Å²) >= 11 is 6.05. The third-order valence-corrected chi connectivity index (χ3v) is 4.43. The molecule has 2 nitrogen and oxygen atoms in total. The number of hydrogen-bond donors (Lipinski definition) is 0. The number of nitrogens with zero attached hydrogens (tertiary/aromatic N) is 1. The highest BCUT2D eigenvalue weighted by atomic mass is 35.5. The molecule has 0 N–H and O–H groups in total. The van der Waals surface area contributed by atoms with Gasteiger partial charge in [-0.05, 0) is 18.6 Å². The number of pyridine rings is 1. The van der Waals surface area contributed by atoms with Gasteiger partial charge < -0.3 is 4.57 Å². The maximum atomic E-state index is 13.2. The van der Waals surface area contributed by atoms with Crippen LogP contribution in [0.5, 0.6) is 0 Å². The summed E-state index contributed by atoms with van der Waals surface area (Å²) in [5.41, 5.74) is 1.34. The van der Waals surface area contributed by atoms with Gasteiger partial charge in [-0.25, -0.2) is 0 Å². The van der Waals surface area contributed by atoms with Gasteiger partial charge in [0.1, 0.15) is 0 Å². The number of alkyl halides is 3. The molecule has 0 spiro atoms. The second-order valence-corrected chi connectivity index (χ2v) is 6.41. The lowest BCUT2D eigenvalue weighted by molar-refractivity contribution is -0.137. The molecule has 2 aromatic carbocycles. The number of rotatable bonds is 3. The van der Waals surface area contributed by atoms with E-state index in [1.54, 1.807) is 10.8 Å². The normalized spacial score (nSPS) is 11.6. The van der Waals surface area contributed by atoms with E-state index >= 15 is 0 Å². The first-order chi connectivity index (χ1) is 12.3. The second-order valence-electron chi connectivity index (χ2n) is 6.03. The van der Waals surface area contributed by atoms with Crippen LogP contribution in [0.25, 0.3) is 11.3 Å². The van der Waals surface area contributed by atoms with Crippen molar-refractivity contribution in [1.29, 1.82) is 0 Å². The Kier molecular flexibility index (Phi) is 4.92. The fourth-order valence-corrected chi connectivity index (χ4v) is 3.17. The molecule has 0 saturated carbocycles. The molecule has 0 bridgehead atoms. The molecule has 0 amide bonds. The minimum atomic E-state index is -4.57. The number of aryl methyl sites for hydroxylation is 1. The van der Waals surface area contributed by atoms with Crippen LogP contribution in [-0.4, -0.2) is 4.57 Å². The Morgan fingerprint density at radius 2 is 1.77 bits per heavy atom. The fraction of sp³-hybridized carbons (Fsp3) is 0.150. The minimum absolute atomic E-state index is 0.173. The van der Waals surface area contributed by atoms with Crippen molar-refractivity contribution in [1.82, 2.24) is 4.57 Å². The Bertz CT molecular complexity index is 1010. The Hall–Kier alpha value is -2.53. The first-order valence-corrected chi connectivity index (χ1v) is 8.25. The van der Waals surface area contributed by atoms with Crippen LogP contribution >= 0.6 is 11.6 Å². The van der Waals surface area contributed by atoms with E-state index in [4.69, 9.17) is 11.6 Å². The van der Waals surface area contributed by atoms with Gasteiger partial charge in [0, 0.05) is 30.4 Å². The summed E-state index contributed by atoms with van der Waals surface area (Å²) in [4.78, 5) is 11.8. The summed E-state index contributed by atoms with van der Waals surface area (Å²) in [6, 6.07) is 14.1. The van der Waals surface area contributed by atoms with Gasteiger partial charge in [0.15, 0.2) is 5.43 Å². The third-order valence-electron chi connectivity index (χ3n) is 4.02. The first kappa shape index (κ1) is 18.3. The largest absolute Gasteiger partial charge is 0.417 e. The molecule has 0 unspecified atom stereocenters. The molecule has 3 aromatic rings. The van der Waals surface area contributed by atoms with Gasteiger partial charge in [-0.2, -0.15) is 13.2 Å². The van der Waals surface area contributed by atoms with Crippen LogP contribution in [0.4, 0.5) is 13.2 Å². The molecule has 0 aliphatic heterocycles. The minimum Gasteiger partial charge on any atom is -0.343 e. The number of hydrogen-bond acceptors (Lipinski definition) is 1. The highest BCUT2D eigenvalue weighted by Gasteiger charge is 2.34. The van der Waals surface area contributed by atoms with Gasteiger partial charge in [-0.3, -0.25) is 4.79 Å². The molecule has 0 radical (unpaired) electrons. The Morgan fingerprint density at radius 3 is 2.46 bits per heavy atom. The van der Waals surface area contributed by atoms with Crippen molar-refractivity contribution < 1.29 is 13.2 Å². The van der Waals surface area contributed by atoms with Gasteiger partial charge in [-0.1, -0.05) is 53.6 Å². The van der Waals surface area contributed by atoms with Crippen LogP contribution in [0.3, 0.4) is 0 Å². The van der Waals surface area contributed by atoms with Crippen LogP contribution in [0.2, 0.25) is 5.02 Å². The van der Waals surface area contributed by atoms with Crippen LogP contribution in [0, 0.1) is 6.92 Å². The van der Waals surface area contributed by atoms with E-state index in [0.717, 1.165) is 17.2 Å². The van der Waals surface area contributed by atoms with Crippen LogP contribution in [0.15, 0.2) is 65.6 Å². The van der Waals surface area contributed by atoms with Crippen molar-refractivity contribution in [3.63, 3.8) is 0 Å². The third kappa shape index (κ3) is 3.83. The zero-order chi connectivity index (χ0) is 18.9. The number of benzene rings is 2. The summed E-state index contributed by atoms with van der Waals surface area (Å²) < 4.78 is 41.2. The maximum absolute atomic E-state index is 13.2. The zero-order valence-electron chi connectivity index (χ0n) is 13.8. The lowest BCUT2D eigenvalue weighted by atomic mass is 10.1. The molecule has 0 aliphatic rings. The molecular formula is C20H15ClF3NO. The van der Waals surface area contributed by atoms with Crippen molar-refractivity contribution in [2.45, 2.75) is 19.6 Å². The van der Waals surface area contributed by atoms with Gasteiger partial charge in [-0.15, -0.1) is 0 Å². The van der Waals surface area contributed by atoms with E-state index in [-0.39, 0.29) is 11.0 Å². The van der Waals surface area contributed by atoms with Crippen molar-refractivity contribution in [3.05, 3.63) is 92.7 Å². The topological polar surface area (TPSA) is 22.0 Å². The van der Waals surface area contributed by atoms with Crippen LogP contribution < -0.4 is 5.43 Å². The maximum Gasteiger partial charge on any atom is 0.417 e. The Morgan fingerprint density at radius 1 is 1.04 bits per heavy atom. The number of aromatic nitrogens is 1. The Balaban J connectivity index is 2.14. The zero-order valence-corrected chi connectivity index (χ0v) is 14.6. The average molecular weight is 378 g/mol. The van der Waals surface area contributed by atoms with E-state index in [1.165, 1.54) is 24.3 Å². The SMILES string of the molecule is Cc1cccc(Cn2ccc(=O)cc2-c2cccc(C(F)(F)F)c2Cl)c1. The van der Waals surface area contributed by atoms with Gasteiger partial charge in [0.2, 0.25) is 0 Å². The molecule has 0 atom stereocenters. The van der Waals surface area contributed by atoms with Crippen LogP contribution in [-0.2, 0) is 12.7 Å². The predicted molar refractivity (Wildman–Crippen MR) is 96.4 cm³/mol. The molecular weight excluding hydrogens is 363 g/mol. The van der Waals surface area contributed by atoms with Crippen molar-refractivity contribution >= 4 is 11.6 Å². The lowest BCUT2D eigenvalue weighted by Crippen LogP contribution is -2.11. The summed E-state index contributed by atoms with van der Waals surface area (Å²) in [5, 5.41) is -0.413. The van der Waals surface area contributed by atoms with E-state index in [9.17, 15) is 18.0 Å². The van der Waals surface area contributed by atoms with Crippen molar-refractivity contribution in [2.75, 3.05) is 0 Å². The quantitative estimate of drug-likeness (QED) is 0.587. The standard InChI is InChI=1S/C20H15ClF3NO/c1-13-4-2-5-14(10-13)12-25-9-8-15(26)11-18(25)16-6-3-7-17(19(16)21)20(22,23)24/h2-11H,12H2,1H3. The van der Waals surface area contributed by atoms with E-state index in [2.05, 4.69) is 0 Å². The molecule has 26 heavy (non-hydrogen) atoms. The summed E-state index contributed by atoms with van der Waals surface area (Å²) in [5.74, 6) is 0. The van der Waals surface area contributed by atoms with Gasteiger partial charge in [0.25, 0.3) is 0 Å². The summed E-state index contributed by atoms with van der Waals surface area (Å²) in [6.45, 7) is 2.36. The first-order valence-electron chi connectivity index (χ1n) is 7.88. The van der Waals surface area contributed by atoms with E-state index in [1.807, 2.05) is 31.2 Å². The van der Waals surface area contributed by atoms with Crippen LogP contribution in [0.1, 0.15) is 16.7 Å². The lowest BCUT2D eigenvalue weighted by Gasteiger charge is -2.17. The molecule has 6 heteroatoms. The van der Waals surface area contributed by atoms with E-state index < -0.39 is 16.8 Å². The predicted octanol–water partition coefficient (Wildman–Crippen LogP) is 5.54. The highest BCUT2D eigenvalue weighted by molar-refractivity contribution is 6.34. The fourth-order valence-electron chi connectivity index (χ4n) is 2.84. The molecule has 0 aliphatic carbocycles. The van der Waals surface area contributed by atoms with E-state index in [0.29, 0.717) is 12.2 Å².